The first-order valence-electron chi connectivity index (χ1n) is 10.4. The molecule has 2 heterocycles. The number of likely N-dealkylation sites (tertiary alicyclic amines) is 2. The molecule has 0 radical (unpaired) electrons. The Kier molecular flexibility index (Phi) is 16.9. The Balaban J connectivity index is 0. The molecule has 0 aromatic carbocycles. The predicted octanol–water partition coefficient (Wildman–Crippen LogP) is 5.92. The van der Waals surface area contributed by atoms with Crippen molar-refractivity contribution >= 4 is 0 Å². The molecule has 2 unspecified atom stereocenters. The largest absolute Gasteiger partial charge is 0.301 e. The number of hydrogen-bond acceptors (Lipinski definition) is 2. The van der Waals surface area contributed by atoms with Crippen LogP contribution in [-0.4, -0.2) is 48.1 Å². The molecule has 2 aliphatic rings. The number of rotatable bonds is 3. The van der Waals surface area contributed by atoms with Gasteiger partial charge in [-0.3, -0.25) is 0 Å². The first-order chi connectivity index (χ1) is 11.0. The molecule has 0 spiro atoms. The molecule has 0 aromatic rings. The normalized spacial score (nSPS) is 24.5. The lowest BCUT2D eigenvalue weighted by Gasteiger charge is -2.21. The Bertz CT molecular complexity index is 224. The van der Waals surface area contributed by atoms with E-state index in [1.807, 2.05) is 27.7 Å². The molecular weight excluding hydrogens is 280 g/mol. The number of hydrogen-bond donors (Lipinski definition) is 0. The van der Waals surface area contributed by atoms with E-state index in [1.165, 1.54) is 45.4 Å². The summed E-state index contributed by atoms with van der Waals surface area (Å²) >= 11 is 0. The molecule has 23 heavy (non-hydrogen) atoms. The van der Waals surface area contributed by atoms with E-state index >= 15 is 0 Å². The Morgan fingerprint density at radius 1 is 0.913 bits per heavy atom. The summed E-state index contributed by atoms with van der Waals surface area (Å²) in [5.74, 6) is 1.83. The van der Waals surface area contributed by atoms with Gasteiger partial charge in [0.05, 0.1) is 0 Å². The summed E-state index contributed by atoms with van der Waals surface area (Å²) in [4.78, 5) is 5.12. The average molecular weight is 329 g/mol. The first-order valence-corrected chi connectivity index (χ1v) is 10.4. The van der Waals surface area contributed by atoms with Gasteiger partial charge in [0.15, 0.2) is 0 Å². The highest BCUT2D eigenvalue weighted by molar-refractivity contribution is 4.79. The molecule has 0 aliphatic carbocycles. The van der Waals surface area contributed by atoms with Gasteiger partial charge in [0.2, 0.25) is 0 Å². The lowest BCUT2D eigenvalue weighted by molar-refractivity contribution is 0.253. The molecule has 0 bridgehead atoms. The summed E-state index contributed by atoms with van der Waals surface area (Å²) in [5, 5.41) is 0. The third-order valence-corrected chi connectivity index (χ3v) is 5.03. The second-order valence-corrected chi connectivity index (χ2v) is 7.00. The zero-order valence-corrected chi connectivity index (χ0v) is 18.2. The Morgan fingerprint density at radius 3 is 1.70 bits per heavy atom. The van der Waals surface area contributed by atoms with E-state index in [9.17, 15) is 0 Å². The Hall–Kier alpha value is -0.0800. The van der Waals surface area contributed by atoms with E-state index in [1.54, 1.807) is 0 Å². The monoisotopic (exact) mass is 328 g/mol. The highest BCUT2D eigenvalue weighted by Crippen LogP contribution is 2.24. The fourth-order valence-electron chi connectivity index (χ4n) is 3.29. The highest BCUT2D eigenvalue weighted by atomic mass is 15.2. The molecule has 2 fully saturated rings. The minimum absolute atomic E-state index is 0.749. The van der Waals surface area contributed by atoms with Crippen molar-refractivity contribution in [2.45, 2.75) is 101 Å². The van der Waals surface area contributed by atoms with E-state index < -0.39 is 0 Å². The van der Waals surface area contributed by atoms with E-state index in [0.717, 1.165) is 23.9 Å². The van der Waals surface area contributed by atoms with Gasteiger partial charge < -0.3 is 9.80 Å². The molecule has 0 saturated carbocycles. The Labute approximate surface area is 149 Å². The van der Waals surface area contributed by atoms with Crippen LogP contribution in [0.5, 0.6) is 0 Å². The van der Waals surface area contributed by atoms with Gasteiger partial charge in [-0.05, 0) is 71.5 Å². The molecule has 2 nitrogen and oxygen atoms in total. The zero-order chi connectivity index (χ0) is 18.4. The maximum atomic E-state index is 2.59. The quantitative estimate of drug-likeness (QED) is 0.635. The Morgan fingerprint density at radius 2 is 1.48 bits per heavy atom. The molecular formula is C21H48N2. The second kappa shape index (κ2) is 15.4. The lowest BCUT2D eigenvalue weighted by atomic mass is 9.95. The van der Waals surface area contributed by atoms with Gasteiger partial charge in [0.1, 0.15) is 0 Å². The van der Waals surface area contributed by atoms with Crippen LogP contribution in [0.4, 0.5) is 0 Å². The van der Waals surface area contributed by atoms with Crippen LogP contribution in [0.15, 0.2) is 0 Å². The molecule has 2 heteroatoms. The van der Waals surface area contributed by atoms with Gasteiger partial charge in [-0.25, -0.2) is 0 Å². The fraction of sp³-hybridized carbons (Fsp3) is 1.00. The van der Waals surface area contributed by atoms with Crippen LogP contribution >= 0.6 is 0 Å². The molecule has 0 aromatic heterocycles. The first kappa shape index (κ1) is 25.2. The van der Waals surface area contributed by atoms with Gasteiger partial charge >= 0.3 is 0 Å². The smallest absolute Gasteiger partial charge is 0.00672 e. The topological polar surface area (TPSA) is 6.48 Å². The third-order valence-electron chi connectivity index (χ3n) is 5.03. The molecule has 2 saturated heterocycles. The summed E-state index contributed by atoms with van der Waals surface area (Å²) in [5.41, 5.74) is 0. The van der Waals surface area contributed by atoms with Gasteiger partial charge in [0.25, 0.3) is 0 Å². The summed E-state index contributed by atoms with van der Waals surface area (Å²) in [6.45, 7) is 27.0. The van der Waals surface area contributed by atoms with E-state index in [-0.39, 0.29) is 0 Å². The van der Waals surface area contributed by atoms with Crippen molar-refractivity contribution in [3.8, 4) is 0 Å². The second-order valence-electron chi connectivity index (χ2n) is 7.00. The van der Waals surface area contributed by atoms with Crippen LogP contribution in [-0.2, 0) is 0 Å². The van der Waals surface area contributed by atoms with Crippen LogP contribution in [0.3, 0.4) is 0 Å². The van der Waals surface area contributed by atoms with Crippen molar-refractivity contribution in [2.24, 2.45) is 11.8 Å². The molecule has 142 valence electrons. The molecule has 0 N–H and O–H groups in total. The summed E-state index contributed by atoms with van der Waals surface area (Å²) in [7, 11) is 0. The van der Waals surface area contributed by atoms with Crippen LogP contribution in [0.25, 0.3) is 0 Å². The fourth-order valence-corrected chi connectivity index (χ4v) is 3.29. The molecule has 2 atom stereocenters. The van der Waals surface area contributed by atoms with Gasteiger partial charge in [-0.15, -0.1) is 0 Å². The summed E-state index contributed by atoms with van der Waals surface area (Å²) in [6, 6.07) is 1.61. The van der Waals surface area contributed by atoms with Crippen molar-refractivity contribution in [1.29, 1.82) is 0 Å². The average Bonchev–Trinajstić information content (AvgIpc) is 3.20. The molecule has 2 rings (SSSR count). The maximum Gasteiger partial charge on any atom is 0.00672 e. The molecule has 0 amide bonds. The van der Waals surface area contributed by atoms with Crippen molar-refractivity contribution in [3.05, 3.63) is 0 Å². The van der Waals surface area contributed by atoms with Gasteiger partial charge in [0, 0.05) is 18.6 Å². The molecule has 2 aliphatic heterocycles. The minimum Gasteiger partial charge on any atom is -0.301 e. The van der Waals surface area contributed by atoms with Gasteiger partial charge in [-0.1, -0.05) is 48.5 Å². The minimum atomic E-state index is 0.749. The van der Waals surface area contributed by atoms with Crippen LogP contribution in [0.2, 0.25) is 0 Å². The van der Waals surface area contributed by atoms with Gasteiger partial charge in [-0.2, -0.15) is 0 Å². The van der Waals surface area contributed by atoms with Crippen molar-refractivity contribution in [3.63, 3.8) is 0 Å². The van der Waals surface area contributed by atoms with E-state index in [0.29, 0.717) is 0 Å². The SMILES string of the molecule is CC.CC.CC(C)C1CCN(C(C)C)C1.CCN1CCCC1C. The third kappa shape index (κ3) is 10.4. The standard InChI is InChI=1S/C10H21N.C7H15N.2C2H6/c1-8(2)10-5-6-11(7-10)9(3)4;1-3-8-6-4-5-7(8)2;2*1-2/h8-10H,5-7H2,1-4H3;7H,3-6H2,1-2H3;2*1-2H3. The highest BCUT2D eigenvalue weighted by Gasteiger charge is 2.25. The van der Waals surface area contributed by atoms with Crippen molar-refractivity contribution in [1.82, 2.24) is 9.80 Å². The summed E-state index contributed by atoms with van der Waals surface area (Å²) in [6.07, 6.45) is 4.23. The van der Waals surface area contributed by atoms with Crippen LogP contribution < -0.4 is 0 Å². The predicted molar refractivity (Wildman–Crippen MR) is 108 cm³/mol. The van der Waals surface area contributed by atoms with Crippen molar-refractivity contribution in [2.75, 3.05) is 26.2 Å². The maximum absolute atomic E-state index is 2.59. The van der Waals surface area contributed by atoms with E-state index in [4.69, 9.17) is 0 Å². The van der Waals surface area contributed by atoms with Crippen molar-refractivity contribution < 1.29 is 0 Å². The van der Waals surface area contributed by atoms with Crippen LogP contribution in [0, 0.1) is 11.8 Å². The summed E-state index contributed by atoms with van der Waals surface area (Å²) < 4.78 is 0. The number of nitrogens with zero attached hydrogens (tertiary/aromatic N) is 2. The van der Waals surface area contributed by atoms with E-state index in [2.05, 4.69) is 51.3 Å². The van der Waals surface area contributed by atoms with Crippen LogP contribution in [0.1, 0.15) is 88.5 Å². The lowest BCUT2D eigenvalue weighted by Crippen LogP contribution is -2.28. The zero-order valence-electron chi connectivity index (χ0n) is 18.2.